The monoisotopic (exact) mass is 356 g/mol. The third-order valence-corrected chi connectivity index (χ3v) is 7.30. The van der Waals surface area contributed by atoms with E-state index < -0.39 is 9.84 Å². The van der Waals surface area contributed by atoms with Crippen LogP contribution in [0.3, 0.4) is 0 Å². The van der Waals surface area contributed by atoms with E-state index in [1.807, 2.05) is 31.2 Å². The molecule has 0 unspecified atom stereocenters. The lowest BCUT2D eigenvalue weighted by molar-refractivity contribution is 0.346. The van der Waals surface area contributed by atoms with Crippen molar-refractivity contribution in [3.05, 3.63) is 53.6 Å². The maximum absolute atomic E-state index is 13.0. The minimum Gasteiger partial charge on any atom is -0.381 e. The van der Waals surface area contributed by atoms with Gasteiger partial charge in [0, 0.05) is 17.6 Å². The molecule has 132 valence electrons. The number of aryl methyl sites for hydroxylation is 1. The van der Waals surface area contributed by atoms with Gasteiger partial charge >= 0.3 is 0 Å². The fraction of sp³-hybridized carbons (Fsp3) is 0.400. The fourth-order valence-corrected chi connectivity index (χ4v) is 5.27. The highest BCUT2D eigenvalue weighted by Gasteiger charge is 2.34. The lowest BCUT2D eigenvalue weighted by Crippen LogP contribution is -2.22. The van der Waals surface area contributed by atoms with Crippen molar-refractivity contribution in [2.24, 2.45) is 0 Å². The highest BCUT2D eigenvalue weighted by molar-refractivity contribution is 7.91. The summed E-state index contributed by atoms with van der Waals surface area (Å²) in [5.74, 6) is 0.396. The Hall–Kier alpha value is -1.85. The average molecular weight is 356 g/mol. The second-order valence-corrected chi connectivity index (χ2v) is 9.25. The van der Waals surface area contributed by atoms with E-state index in [1.165, 1.54) is 0 Å². The molecule has 1 N–H and O–H groups in total. The number of hydrogen-bond acceptors (Lipinski definition) is 4. The van der Waals surface area contributed by atoms with Crippen molar-refractivity contribution in [3.8, 4) is 0 Å². The number of rotatable bonds is 2. The minimum atomic E-state index is -3.47. The van der Waals surface area contributed by atoms with Crippen LogP contribution in [0.2, 0.25) is 0 Å². The molecule has 1 fully saturated rings. The second kappa shape index (κ2) is 6.15. The lowest BCUT2D eigenvalue weighted by Gasteiger charge is -2.16. The summed E-state index contributed by atoms with van der Waals surface area (Å²) >= 11 is 0. The van der Waals surface area contributed by atoms with Crippen LogP contribution in [0.5, 0.6) is 0 Å². The van der Waals surface area contributed by atoms with Crippen LogP contribution in [-0.2, 0) is 9.84 Å². The highest BCUT2D eigenvalue weighted by Crippen LogP contribution is 2.42. The molecule has 0 spiro atoms. The van der Waals surface area contributed by atoms with Crippen molar-refractivity contribution in [3.63, 3.8) is 0 Å². The third kappa shape index (κ3) is 2.96. The normalized spacial score (nSPS) is 23.4. The number of benzene rings is 2. The molecule has 2 heterocycles. The van der Waals surface area contributed by atoms with E-state index in [-0.39, 0.29) is 0 Å². The number of likely N-dealkylation sites (tertiary alicyclic amines) is 1. The van der Waals surface area contributed by atoms with Crippen LogP contribution in [0.25, 0.3) is 0 Å². The van der Waals surface area contributed by atoms with Crippen LogP contribution in [0, 0.1) is 6.92 Å². The van der Waals surface area contributed by atoms with E-state index in [0.717, 1.165) is 42.7 Å². The van der Waals surface area contributed by atoms with Gasteiger partial charge in [0.1, 0.15) is 0 Å². The molecule has 4 rings (SSSR count). The topological polar surface area (TPSA) is 49.4 Å². The third-order valence-electron chi connectivity index (χ3n) is 5.53. The fourth-order valence-electron chi connectivity index (χ4n) is 3.98. The molecule has 2 aliphatic rings. The van der Waals surface area contributed by atoms with Crippen LogP contribution in [0.1, 0.15) is 29.9 Å². The summed E-state index contributed by atoms with van der Waals surface area (Å²) in [6.45, 7) is 4.09. The van der Waals surface area contributed by atoms with Gasteiger partial charge in [-0.1, -0.05) is 17.7 Å². The lowest BCUT2D eigenvalue weighted by atomic mass is 9.91. The van der Waals surface area contributed by atoms with E-state index >= 15 is 0 Å². The van der Waals surface area contributed by atoms with Crippen LogP contribution < -0.4 is 5.32 Å². The molecule has 0 aromatic heterocycles. The standard InChI is InChI=1S/C20H24N2O2S/c1-14-3-5-15(6-4-14)25(23,24)16-7-8-19-18(13-16)17-9-11-22(2)12-10-20(17)21-19/h3-8,13,17,20-21H,9-12H2,1-2H3/t17-,20+/m1/s1. The first-order valence-corrected chi connectivity index (χ1v) is 10.3. The molecule has 0 saturated carbocycles. The number of sulfone groups is 1. The van der Waals surface area contributed by atoms with Gasteiger partial charge in [0.25, 0.3) is 0 Å². The zero-order valence-electron chi connectivity index (χ0n) is 14.7. The molecule has 0 radical (unpaired) electrons. The van der Waals surface area contributed by atoms with Gasteiger partial charge in [0.2, 0.25) is 9.84 Å². The maximum atomic E-state index is 13.0. The molecule has 0 amide bonds. The molecule has 4 nitrogen and oxygen atoms in total. The SMILES string of the molecule is Cc1ccc(S(=O)(=O)c2ccc3c(c2)[C@H]2CCN(C)CC[C@@H]2N3)cc1. The summed E-state index contributed by atoms with van der Waals surface area (Å²) in [5.41, 5.74) is 3.32. The van der Waals surface area contributed by atoms with E-state index in [4.69, 9.17) is 0 Å². The predicted octanol–water partition coefficient (Wildman–Crippen LogP) is 3.43. The number of hydrogen-bond donors (Lipinski definition) is 1. The smallest absolute Gasteiger partial charge is 0.206 e. The van der Waals surface area contributed by atoms with Crippen LogP contribution >= 0.6 is 0 Å². The molecule has 5 heteroatoms. The first-order valence-electron chi connectivity index (χ1n) is 8.86. The van der Waals surface area contributed by atoms with Crippen LogP contribution in [-0.4, -0.2) is 39.5 Å². The summed E-state index contributed by atoms with van der Waals surface area (Å²) < 4.78 is 26.0. The Balaban J connectivity index is 1.71. The molecule has 0 aliphatic carbocycles. The molecule has 2 atom stereocenters. The Kier molecular flexibility index (Phi) is 4.08. The predicted molar refractivity (Wildman–Crippen MR) is 100.0 cm³/mol. The summed E-state index contributed by atoms with van der Waals surface area (Å²) in [6, 6.07) is 13.1. The van der Waals surface area contributed by atoms with Gasteiger partial charge in [-0.05, 0) is 75.8 Å². The van der Waals surface area contributed by atoms with Crippen molar-refractivity contribution in [1.82, 2.24) is 4.90 Å². The Bertz CT molecular complexity index is 890. The largest absolute Gasteiger partial charge is 0.381 e. The number of nitrogens with zero attached hydrogens (tertiary/aromatic N) is 1. The van der Waals surface area contributed by atoms with Crippen molar-refractivity contribution in [2.45, 2.75) is 41.5 Å². The second-order valence-electron chi connectivity index (χ2n) is 7.30. The van der Waals surface area contributed by atoms with E-state index in [2.05, 4.69) is 17.3 Å². The first-order chi connectivity index (χ1) is 11.9. The van der Waals surface area contributed by atoms with Gasteiger partial charge in [0.15, 0.2) is 0 Å². The van der Waals surface area contributed by atoms with E-state index in [0.29, 0.717) is 21.8 Å². The van der Waals surface area contributed by atoms with Crippen molar-refractivity contribution in [2.75, 3.05) is 25.5 Å². The summed E-state index contributed by atoms with van der Waals surface area (Å²) in [5, 5.41) is 3.60. The van der Waals surface area contributed by atoms with Crippen molar-refractivity contribution < 1.29 is 8.42 Å². The van der Waals surface area contributed by atoms with Gasteiger partial charge < -0.3 is 10.2 Å². The van der Waals surface area contributed by atoms with Crippen LogP contribution in [0.4, 0.5) is 5.69 Å². The van der Waals surface area contributed by atoms with Gasteiger partial charge in [-0.2, -0.15) is 0 Å². The zero-order chi connectivity index (χ0) is 17.6. The Morgan fingerprint density at radius 1 is 1.00 bits per heavy atom. The van der Waals surface area contributed by atoms with Gasteiger partial charge in [-0.15, -0.1) is 0 Å². The molecule has 2 aromatic rings. The van der Waals surface area contributed by atoms with Gasteiger partial charge in [-0.25, -0.2) is 8.42 Å². The summed E-state index contributed by atoms with van der Waals surface area (Å²) in [7, 11) is -1.32. The van der Waals surface area contributed by atoms with Crippen molar-refractivity contribution >= 4 is 15.5 Å². The van der Waals surface area contributed by atoms with Gasteiger partial charge in [-0.3, -0.25) is 0 Å². The molecule has 0 bridgehead atoms. The Morgan fingerprint density at radius 3 is 2.44 bits per heavy atom. The molecule has 2 aromatic carbocycles. The van der Waals surface area contributed by atoms with Crippen molar-refractivity contribution in [1.29, 1.82) is 0 Å². The Labute approximate surface area is 149 Å². The van der Waals surface area contributed by atoms with Gasteiger partial charge in [0.05, 0.1) is 9.79 Å². The highest BCUT2D eigenvalue weighted by atomic mass is 32.2. The molecular formula is C20H24N2O2S. The Morgan fingerprint density at radius 2 is 1.68 bits per heavy atom. The van der Waals surface area contributed by atoms with E-state index in [9.17, 15) is 8.42 Å². The number of anilines is 1. The summed E-state index contributed by atoms with van der Waals surface area (Å²) in [4.78, 5) is 3.11. The van der Waals surface area contributed by atoms with E-state index in [1.54, 1.807) is 18.2 Å². The number of fused-ring (bicyclic) bond motifs is 3. The molecular weight excluding hydrogens is 332 g/mol. The maximum Gasteiger partial charge on any atom is 0.206 e. The quantitative estimate of drug-likeness (QED) is 0.896. The average Bonchev–Trinajstić information content (AvgIpc) is 2.84. The summed E-state index contributed by atoms with van der Waals surface area (Å²) in [6.07, 6.45) is 2.16. The molecule has 25 heavy (non-hydrogen) atoms. The minimum absolute atomic E-state index is 0.362. The molecule has 2 aliphatic heterocycles. The zero-order valence-corrected chi connectivity index (χ0v) is 15.5. The number of nitrogens with one attached hydrogen (secondary N) is 1. The molecule has 1 saturated heterocycles. The van der Waals surface area contributed by atoms with Crippen LogP contribution in [0.15, 0.2) is 52.3 Å². The first kappa shape index (κ1) is 16.6.